The SMILES string of the molecule is CCOC(=O)C1(CI)C(C(C)=O)=CN(C)c2c(C#N)cnn21. The summed E-state index contributed by atoms with van der Waals surface area (Å²) in [5.74, 6) is -0.318. The molecule has 22 heavy (non-hydrogen) atoms. The molecule has 1 aliphatic rings. The Balaban J connectivity index is 2.78. The second-order valence-corrected chi connectivity index (χ2v) is 5.59. The second kappa shape index (κ2) is 6.08. The van der Waals surface area contributed by atoms with E-state index < -0.39 is 11.5 Å². The number of ether oxygens (including phenoxy) is 1. The second-order valence-electron chi connectivity index (χ2n) is 4.83. The number of rotatable bonds is 4. The Morgan fingerprint density at radius 3 is 2.73 bits per heavy atom. The molecule has 0 spiro atoms. The monoisotopic (exact) mass is 414 g/mol. The number of anilines is 1. The van der Waals surface area contributed by atoms with Crippen LogP contribution in [0.3, 0.4) is 0 Å². The van der Waals surface area contributed by atoms with Crippen LogP contribution in [0.25, 0.3) is 0 Å². The molecule has 0 bridgehead atoms. The molecule has 1 aromatic rings. The summed E-state index contributed by atoms with van der Waals surface area (Å²) in [6.07, 6.45) is 2.97. The van der Waals surface area contributed by atoms with Crippen molar-refractivity contribution >= 4 is 40.2 Å². The van der Waals surface area contributed by atoms with Crippen LogP contribution in [0, 0.1) is 11.3 Å². The molecule has 0 N–H and O–H groups in total. The highest BCUT2D eigenvalue weighted by Crippen LogP contribution is 2.39. The maximum absolute atomic E-state index is 12.7. The van der Waals surface area contributed by atoms with E-state index in [0.29, 0.717) is 17.0 Å². The molecule has 0 fully saturated rings. The lowest BCUT2D eigenvalue weighted by Crippen LogP contribution is -2.52. The van der Waals surface area contributed by atoms with Crippen molar-refractivity contribution in [3.63, 3.8) is 0 Å². The summed E-state index contributed by atoms with van der Waals surface area (Å²) < 4.78 is 6.88. The van der Waals surface area contributed by atoms with Gasteiger partial charge in [0.15, 0.2) is 5.78 Å². The first-order chi connectivity index (χ1) is 10.4. The van der Waals surface area contributed by atoms with Gasteiger partial charge in [0.2, 0.25) is 5.54 Å². The fourth-order valence-corrected chi connectivity index (χ4v) is 3.57. The summed E-state index contributed by atoms with van der Waals surface area (Å²) in [6, 6.07) is 2.05. The molecule has 1 unspecified atom stereocenters. The van der Waals surface area contributed by atoms with E-state index in [2.05, 4.69) is 5.10 Å². The number of esters is 1. The average Bonchev–Trinajstić information content (AvgIpc) is 2.92. The standard InChI is InChI=1S/C14H15IN4O3/c1-4-22-13(21)14(8-15)11(9(2)20)7-18(3)12-10(5-16)6-17-19(12)14/h6-7H,4,8H2,1-3H3. The van der Waals surface area contributed by atoms with E-state index >= 15 is 0 Å². The highest BCUT2D eigenvalue weighted by Gasteiger charge is 2.51. The van der Waals surface area contributed by atoms with Gasteiger partial charge >= 0.3 is 5.97 Å². The van der Waals surface area contributed by atoms with Crippen molar-refractivity contribution < 1.29 is 14.3 Å². The number of Topliss-reactive ketones (excluding diaryl/α,β-unsaturated/α-hetero) is 1. The third kappa shape index (κ3) is 2.20. The van der Waals surface area contributed by atoms with E-state index in [-0.39, 0.29) is 16.8 Å². The lowest BCUT2D eigenvalue weighted by atomic mass is 9.88. The quantitative estimate of drug-likeness (QED) is 0.420. The maximum atomic E-state index is 12.7. The number of nitriles is 1. The van der Waals surface area contributed by atoms with Crippen molar-refractivity contribution in [2.45, 2.75) is 19.4 Å². The minimum absolute atomic E-state index is 0.194. The summed E-state index contributed by atoms with van der Waals surface area (Å²) in [7, 11) is 1.71. The number of hydrogen-bond acceptors (Lipinski definition) is 6. The fourth-order valence-electron chi connectivity index (χ4n) is 2.53. The lowest BCUT2D eigenvalue weighted by Gasteiger charge is -2.38. The van der Waals surface area contributed by atoms with E-state index in [1.54, 1.807) is 25.1 Å². The molecule has 0 saturated carbocycles. The summed E-state index contributed by atoms with van der Waals surface area (Å²) in [5, 5.41) is 13.4. The smallest absolute Gasteiger partial charge is 0.339 e. The van der Waals surface area contributed by atoms with Crippen LogP contribution in [-0.4, -0.2) is 39.6 Å². The van der Waals surface area contributed by atoms with Crippen LogP contribution in [0.4, 0.5) is 5.82 Å². The van der Waals surface area contributed by atoms with Gasteiger partial charge in [0.1, 0.15) is 17.5 Å². The van der Waals surface area contributed by atoms with Gasteiger partial charge in [0.05, 0.1) is 18.4 Å². The molecule has 0 aliphatic carbocycles. The van der Waals surface area contributed by atoms with Crippen LogP contribution in [-0.2, 0) is 19.9 Å². The van der Waals surface area contributed by atoms with Gasteiger partial charge in [0, 0.05) is 17.7 Å². The van der Waals surface area contributed by atoms with E-state index in [1.807, 2.05) is 28.7 Å². The zero-order valence-corrected chi connectivity index (χ0v) is 14.6. The highest BCUT2D eigenvalue weighted by atomic mass is 127. The molecule has 7 nitrogen and oxygen atoms in total. The van der Waals surface area contributed by atoms with Gasteiger partial charge in [0.25, 0.3) is 0 Å². The number of carbonyl (C=O) groups is 2. The van der Waals surface area contributed by atoms with Crippen molar-refractivity contribution in [1.29, 1.82) is 5.26 Å². The third-order valence-corrected chi connectivity index (χ3v) is 4.62. The van der Waals surface area contributed by atoms with E-state index in [0.717, 1.165) is 0 Å². The molecule has 8 heteroatoms. The molecular weight excluding hydrogens is 399 g/mol. The van der Waals surface area contributed by atoms with Crippen LogP contribution in [0.2, 0.25) is 0 Å². The Hall–Kier alpha value is -1.89. The Morgan fingerprint density at radius 1 is 1.55 bits per heavy atom. The fraction of sp³-hybridized carbons (Fsp3) is 0.429. The van der Waals surface area contributed by atoms with E-state index in [4.69, 9.17) is 4.74 Å². The zero-order valence-electron chi connectivity index (χ0n) is 12.5. The molecule has 1 atom stereocenters. The third-order valence-electron chi connectivity index (χ3n) is 3.51. The van der Waals surface area contributed by atoms with Crippen LogP contribution in [0.5, 0.6) is 0 Å². The van der Waals surface area contributed by atoms with Crippen LogP contribution < -0.4 is 4.90 Å². The van der Waals surface area contributed by atoms with Gasteiger partial charge in [-0.05, 0) is 13.8 Å². The predicted molar refractivity (Wildman–Crippen MR) is 87.6 cm³/mol. The number of hydrogen-bond donors (Lipinski definition) is 0. The molecular formula is C14H15IN4O3. The van der Waals surface area contributed by atoms with Gasteiger partial charge in [-0.3, -0.25) is 4.79 Å². The Kier molecular flexibility index (Phi) is 4.55. The van der Waals surface area contributed by atoms with Gasteiger partial charge in [-0.2, -0.15) is 10.4 Å². The number of carbonyl (C=O) groups excluding carboxylic acids is 2. The zero-order chi connectivity index (χ0) is 16.5. The number of halogens is 1. The van der Waals surface area contributed by atoms with Gasteiger partial charge < -0.3 is 9.64 Å². The molecule has 116 valence electrons. The van der Waals surface area contributed by atoms with Gasteiger partial charge in [-0.25, -0.2) is 9.48 Å². The van der Waals surface area contributed by atoms with Crippen molar-refractivity contribution in [2.24, 2.45) is 0 Å². The Morgan fingerprint density at radius 2 is 2.23 bits per heavy atom. The molecule has 0 aromatic carbocycles. The molecule has 0 amide bonds. The van der Waals surface area contributed by atoms with Crippen molar-refractivity contribution in [1.82, 2.24) is 9.78 Å². The number of ketones is 1. The molecule has 0 saturated heterocycles. The minimum Gasteiger partial charge on any atom is -0.464 e. The first kappa shape index (κ1) is 16.5. The lowest BCUT2D eigenvalue weighted by molar-refractivity contribution is -0.152. The van der Waals surface area contributed by atoms with Crippen molar-refractivity contribution in [3.8, 4) is 6.07 Å². The molecule has 2 heterocycles. The summed E-state index contributed by atoms with van der Waals surface area (Å²) in [5.41, 5.74) is -0.720. The topological polar surface area (TPSA) is 88.2 Å². The van der Waals surface area contributed by atoms with E-state index in [9.17, 15) is 14.9 Å². The van der Waals surface area contributed by atoms with E-state index in [1.165, 1.54) is 17.8 Å². The number of alkyl halides is 1. The predicted octanol–water partition coefficient (Wildman–Crippen LogP) is 1.37. The van der Waals surface area contributed by atoms with Gasteiger partial charge in [-0.15, -0.1) is 0 Å². The van der Waals surface area contributed by atoms with Gasteiger partial charge in [-0.1, -0.05) is 22.6 Å². The number of aromatic nitrogens is 2. The normalized spacial score (nSPS) is 20.0. The maximum Gasteiger partial charge on any atom is 0.339 e. The van der Waals surface area contributed by atoms with Crippen LogP contribution in [0.1, 0.15) is 19.4 Å². The summed E-state index contributed by atoms with van der Waals surface area (Å²) in [4.78, 5) is 26.4. The number of nitrogens with zero attached hydrogens (tertiary/aromatic N) is 4. The summed E-state index contributed by atoms with van der Waals surface area (Å²) in [6.45, 7) is 3.30. The van der Waals surface area contributed by atoms with Crippen LogP contribution in [0.15, 0.2) is 18.0 Å². The average molecular weight is 414 g/mol. The molecule has 2 rings (SSSR count). The molecule has 0 radical (unpaired) electrons. The largest absolute Gasteiger partial charge is 0.464 e. The Labute approximate surface area is 141 Å². The molecule has 1 aliphatic heterocycles. The summed E-state index contributed by atoms with van der Waals surface area (Å²) >= 11 is 2.03. The first-order valence-electron chi connectivity index (χ1n) is 6.61. The van der Waals surface area contributed by atoms with Crippen LogP contribution >= 0.6 is 22.6 Å². The van der Waals surface area contributed by atoms with Crippen molar-refractivity contribution in [2.75, 3.05) is 23.0 Å². The Bertz CT molecular complexity index is 703. The highest BCUT2D eigenvalue weighted by molar-refractivity contribution is 14.1. The number of fused-ring (bicyclic) bond motifs is 1. The minimum atomic E-state index is -1.35. The first-order valence-corrected chi connectivity index (χ1v) is 8.14. The molecule has 1 aromatic heterocycles. The van der Waals surface area contributed by atoms with Crippen molar-refractivity contribution in [3.05, 3.63) is 23.5 Å².